The predicted octanol–water partition coefficient (Wildman–Crippen LogP) is 2.98. The first kappa shape index (κ1) is 15.8. The molecule has 6 nitrogen and oxygen atoms in total. The van der Waals surface area contributed by atoms with Crippen molar-refractivity contribution in [1.82, 2.24) is 14.8 Å². The van der Waals surface area contributed by atoms with Gasteiger partial charge in [-0.15, -0.1) is 0 Å². The molecule has 0 unspecified atom stereocenters. The fraction of sp³-hybridized carbons (Fsp3) is 0.474. The first-order valence-corrected chi connectivity index (χ1v) is 8.95. The van der Waals surface area contributed by atoms with E-state index < -0.39 is 0 Å². The molecule has 0 spiro atoms. The molecule has 2 saturated carbocycles. The van der Waals surface area contributed by atoms with Crippen molar-refractivity contribution in [1.29, 1.82) is 5.26 Å². The highest BCUT2D eigenvalue weighted by molar-refractivity contribution is 5.39. The zero-order valence-corrected chi connectivity index (χ0v) is 14.1. The number of nitrogens with zero attached hydrogens (tertiary/aromatic N) is 4. The number of pyridine rings is 1. The summed E-state index contributed by atoms with van der Waals surface area (Å²) in [6.07, 6.45) is 7.81. The van der Waals surface area contributed by atoms with Crippen LogP contribution in [0.15, 0.2) is 35.3 Å². The fourth-order valence-electron chi connectivity index (χ4n) is 3.52. The Bertz CT molecular complexity index is 839. The minimum atomic E-state index is 0.00886. The zero-order chi connectivity index (χ0) is 17.2. The monoisotopic (exact) mass is 335 g/mol. The van der Waals surface area contributed by atoms with Crippen molar-refractivity contribution in [3.8, 4) is 6.07 Å². The Morgan fingerprint density at radius 3 is 2.52 bits per heavy atom. The Morgan fingerprint density at radius 2 is 1.88 bits per heavy atom. The first-order valence-electron chi connectivity index (χ1n) is 8.95. The third-order valence-electron chi connectivity index (χ3n) is 5.13. The van der Waals surface area contributed by atoms with E-state index in [1.807, 2.05) is 12.1 Å². The van der Waals surface area contributed by atoms with E-state index in [9.17, 15) is 4.79 Å². The van der Waals surface area contributed by atoms with Gasteiger partial charge in [0, 0.05) is 24.2 Å². The third kappa shape index (κ3) is 3.55. The number of nitrogens with one attached hydrogen (secondary N) is 1. The molecule has 2 aliphatic carbocycles. The SMILES string of the molecule is N#Cc1ccc(NC2CCC(n3nc(C4CC4)ccc3=O)CC2)nc1. The van der Waals surface area contributed by atoms with E-state index in [0.717, 1.165) is 37.2 Å². The molecule has 0 aliphatic heterocycles. The molecule has 0 bridgehead atoms. The normalized spacial score (nSPS) is 23.0. The van der Waals surface area contributed by atoms with E-state index in [-0.39, 0.29) is 11.6 Å². The van der Waals surface area contributed by atoms with E-state index in [1.165, 1.54) is 12.8 Å². The highest BCUT2D eigenvalue weighted by Gasteiger charge is 2.28. The Hall–Kier alpha value is -2.68. The van der Waals surface area contributed by atoms with Crippen molar-refractivity contribution >= 4 is 5.82 Å². The lowest BCUT2D eigenvalue weighted by molar-refractivity contribution is 0.301. The van der Waals surface area contributed by atoms with Crippen LogP contribution in [0.2, 0.25) is 0 Å². The smallest absolute Gasteiger partial charge is 0.267 e. The second-order valence-electron chi connectivity index (χ2n) is 7.01. The van der Waals surface area contributed by atoms with E-state index in [2.05, 4.69) is 21.5 Å². The molecule has 2 heterocycles. The van der Waals surface area contributed by atoms with E-state index in [0.29, 0.717) is 17.5 Å². The van der Waals surface area contributed by atoms with Gasteiger partial charge in [-0.05, 0) is 56.7 Å². The fourth-order valence-corrected chi connectivity index (χ4v) is 3.52. The summed E-state index contributed by atoms with van der Waals surface area (Å²) in [7, 11) is 0. The van der Waals surface area contributed by atoms with Gasteiger partial charge in [-0.2, -0.15) is 10.4 Å². The van der Waals surface area contributed by atoms with Crippen molar-refractivity contribution in [2.24, 2.45) is 0 Å². The molecule has 128 valence electrons. The van der Waals surface area contributed by atoms with Crippen molar-refractivity contribution in [3.63, 3.8) is 0 Å². The molecule has 0 atom stereocenters. The molecule has 4 rings (SSSR count). The molecule has 2 fully saturated rings. The lowest BCUT2D eigenvalue weighted by Gasteiger charge is -2.30. The van der Waals surface area contributed by atoms with Crippen molar-refractivity contribution in [2.75, 3.05) is 5.32 Å². The Labute approximate surface area is 146 Å². The van der Waals surface area contributed by atoms with Gasteiger partial charge in [-0.25, -0.2) is 9.67 Å². The molecule has 0 radical (unpaired) electrons. The second-order valence-corrected chi connectivity index (χ2v) is 7.01. The van der Waals surface area contributed by atoms with Gasteiger partial charge in [-0.1, -0.05) is 0 Å². The number of anilines is 1. The highest BCUT2D eigenvalue weighted by atomic mass is 16.1. The quantitative estimate of drug-likeness (QED) is 0.928. The number of hydrogen-bond acceptors (Lipinski definition) is 5. The van der Waals surface area contributed by atoms with Crippen LogP contribution in [0, 0.1) is 11.3 Å². The summed E-state index contributed by atoms with van der Waals surface area (Å²) in [6, 6.07) is 9.79. The van der Waals surface area contributed by atoms with Crippen molar-refractivity contribution in [3.05, 3.63) is 52.1 Å². The van der Waals surface area contributed by atoms with Gasteiger partial charge in [0.15, 0.2) is 0 Å². The van der Waals surface area contributed by atoms with Crippen LogP contribution in [0.4, 0.5) is 5.82 Å². The summed E-state index contributed by atoms with van der Waals surface area (Å²) in [4.78, 5) is 16.5. The molecule has 2 aromatic heterocycles. The minimum Gasteiger partial charge on any atom is -0.367 e. The van der Waals surface area contributed by atoms with Crippen LogP contribution in [0.25, 0.3) is 0 Å². The topological polar surface area (TPSA) is 83.6 Å². The molecule has 25 heavy (non-hydrogen) atoms. The molecule has 2 aromatic rings. The van der Waals surface area contributed by atoms with Crippen molar-refractivity contribution < 1.29 is 0 Å². The van der Waals surface area contributed by atoms with E-state index in [4.69, 9.17) is 5.26 Å². The summed E-state index contributed by atoms with van der Waals surface area (Å²) >= 11 is 0. The minimum absolute atomic E-state index is 0.00886. The molecule has 2 aliphatic rings. The molecular weight excluding hydrogens is 314 g/mol. The molecule has 0 amide bonds. The molecule has 0 aromatic carbocycles. The Morgan fingerprint density at radius 1 is 1.08 bits per heavy atom. The lowest BCUT2D eigenvalue weighted by atomic mass is 9.91. The Balaban J connectivity index is 1.39. The maximum Gasteiger partial charge on any atom is 0.267 e. The molecule has 0 saturated heterocycles. The van der Waals surface area contributed by atoms with Gasteiger partial charge >= 0.3 is 0 Å². The number of nitriles is 1. The molecule has 1 N–H and O–H groups in total. The standard InChI is InChI=1S/C19H21N5O/c20-11-13-1-9-18(21-12-13)22-15-4-6-16(7-5-15)24-19(25)10-8-17(23-24)14-2-3-14/h1,8-10,12,14-16H,2-7H2,(H,21,22). The summed E-state index contributed by atoms with van der Waals surface area (Å²) in [5.74, 6) is 1.36. The van der Waals surface area contributed by atoms with E-state index in [1.54, 1.807) is 23.0 Å². The van der Waals surface area contributed by atoms with Crippen LogP contribution in [-0.4, -0.2) is 20.8 Å². The van der Waals surface area contributed by atoms with Crippen LogP contribution in [0.1, 0.15) is 61.7 Å². The van der Waals surface area contributed by atoms with Crippen LogP contribution in [-0.2, 0) is 0 Å². The van der Waals surface area contributed by atoms with Crippen LogP contribution in [0.3, 0.4) is 0 Å². The summed E-state index contributed by atoms with van der Waals surface area (Å²) in [6.45, 7) is 0. The average molecular weight is 335 g/mol. The zero-order valence-electron chi connectivity index (χ0n) is 14.1. The highest BCUT2D eigenvalue weighted by Crippen LogP contribution is 2.38. The van der Waals surface area contributed by atoms with Crippen molar-refractivity contribution in [2.45, 2.75) is 56.5 Å². The number of aromatic nitrogens is 3. The van der Waals surface area contributed by atoms with Gasteiger partial charge < -0.3 is 5.32 Å². The van der Waals surface area contributed by atoms with Gasteiger partial charge in [0.2, 0.25) is 0 Å². The van der Waals surface area contributed by atoms with Gasteiger partial charge in [0.1, 0.15) is 11.9 Å². The van der Waals surface area contributed by atoms with Gasteiger partial charge in [0.05, 0.1) is 17.3 Å². The van der Waals surface area contributed by atoms with Crippen LogP contribution < -0.4 is 10.9 Å². The maximum absolute atomic E-state index is 12.2. The van der Waals surface area contributed by atoms with Gasteiger partial charge in [0.25, 0.3) is 5.56 Å². The van der Waals surface area contributed by atoms with Crippen LogP contribution in [0.5, 0.6) is 0 Å². The largest absolute Gasteiger partial charge is 0.367 e. The summed E-state index contributed by atoms with van der Waals surface area (Å²) in [5, 5.41) is 16.9. The number of rotatable bonds is 4. The summed E-state index contributed by atoms with van der Waals surface area (Å²) in [5.41, 5.74) is 1.64. The number of hydrogen-bond donors (Lipinski definition) is 1. The third-order valence-corrected chi connectivity index (χ3v) is 5.13. The average Bonchev–Trinajstić information content (AvgIpc) is 3.49. The first-order chi connectivity index (χ1) is 12.2. The Kier molecular flexibility index (Phi) is 4.22. The maximum atomic E-state index is 12.2. The summed E-state index contributed by atoms with van der Waals surface area (Å²) < 4.78 is 1.71. The van der Waals surface area contributed by atoms with Crippen LogP contribution >= 0.6 is 0 Å². The molecular formula is C19H21N5O. The predicted molar refractivity (Wildman–Crippen MR) is 94.3 cm³/mol. The van der Waals surface area contributed by atoms with Gasteiger partial charge in [-0.3, -0.25) is 4.79 Å². The van der Waals surface area contributed by atoms with E-state index >= 15 is 0 Å². The lowest BCUT2D eigenvalue weighted by Crippen LogP contribution is -2.33. The second kappa shape index (κ2) is 6.67. The molecule has 6 heteroatoms.